The van der Waals surface area contributed by atoms with Crippen LogP contribution in [-0.2, 0) is 0 Å². The van der Waals surface area contributed by atoms with E-state index in [1.165, 1.54) is 11.3 Å². The van der Waals surface area contributed by atoms with Crippen LogP contribution in [0.3, 0.4) is 0 Å². The van der Waals surface area contributed by atoms with Crippen molar-refractivity contribution in [3.63, 3.8) is 0 Å². The molecule has 1 aromatic carbocycles. The summed E-state index contributed by atoms with van der Waals surface area (Å²) in [7, 11) is 0. The Labute approximate surface area is 116 Å². The zero-order valence-corrected chi connectivity index (χ0v) is 12.4. The van der Waals surface area contributed by atoms with E-state index < -0.39 is 0 Å². The topological polar surface area (TPSA) is 46.4 Å². The SMILES string of the molecule is CC(C)N(c1csc2c([N+](=O)[O-])cccc12)C(C)C. The molecule has 5 heteroatoms. The molecule has 1 heterocycles. The van der Waals surface area contributed by atoms with E-state index in [1.54, 1.807) is 12.1 Å². The first-order valence-corrected chi connectivity index (χ1v) is 7.24. The molecule has 0 saturated heterocycles. The van der Waals surface area contributed by atoms with Crippen molar-refractivity contribution in [1.29, 1.82) is 0 Å². The minimum atomic E-state index is -0.308. The highest BCUT2D eigenvalue weighted by atomic mass is 32.1. The van der Waals surface area contributed by atoms with E-state index >= 15 is 0 Å². The van der Waals surface area contributed by atoms with Gasteiger partial charge in [0.2, 0.25) is 0 Å². The number of anilines is 1. The highest BCUT2D eigenvalue weighted by Crippen LogP contribution is 2.39. The van der Waals surface area contributed by atoms with E-state index in [2.05, 4.69) is 32.6 Å². The maximum absolute atomic E-state index is 11.1. The summed E-state index contributed by atoms with van der Waals surface area (Å²) in [5, 5.41) is 14.1. The fraction of sp³-hybridized carbons (Fsp3) is 0.429. The molecule has 0 fully saturated rings. The Bertz CT molecular complexity index is 597. The maximum Gasteiger partial charge on any atom is 0.287 e. The van der Waals surface area contributed by atoms with Crippen LogP contribution in [0.15, 0.2) is 23.6 Å². The van der Waals surface area contributed by atoms with Gasteiger partial charge in [-0.3, -0.25) is 10.1 Å². The highest BCUT2D eigenvalue weighted by Gasteiger charge is 2.21. The van der Waals surface area contributed by atoms with Crippen LogP contribution in [-0.4, -0.2) is 17.0 Å². The standard InChI is InChI=1S/C14H18N2O2S/c1-9(2)15(10(3)4)13-8-19-14-11(13)6-5-7-12(14)16(17)18/h5-10H,1-4H3. The second-order valence-electron chi connectivity index (χ2n) is 5.13. The van der Waals surface area contributed by atoms with Gasteiger partial charge in [0.25, 0.3) is 5.69 Å². The first-order chi connectivity index (χ1) is 8.93. The molecular formula is C14H18N2O2S. The third-order valence-electron chi connectivity index (χ3n) is 3.15. The summed E-state index contributed by atoms with van der Waals surface area (Å²) in [5.74, 6) is 0. The largest absolute Gasteiger partial charge is 0.365 e. The van der Waals surface area contributed by atoms with Gasteiger partial charge in [-0.25, -0.2) is 0 Å². The number of fused-ring (bicyclic) bond motifs is 1. The zero-order valence-electron chi connectivity index (χ0n) is 11.6. The number of non-ortho nitro benzene ring substituents is 1. The Morgan fingerprint density at radius 3 is 2.37 bits per heavy atom. The molecule has 0 unspecified atom stereocenters. The van der Waals surface area contributed by atoms with Gasteiger partial charge in [-0.15, -0.1) is 11.3 Å². The minimum Gasteiger partial charge on any atom is -0.365 e. The van der Waals surface area contributed by atoms with E-state index in [4.69, 9.17) is 0 Å². The molecule has 0 aliphatic rings. The van der Waals surface area contributed by atoms with Gasteiger partial charge in [0, 0.05) is 28.9 Å². The summed E-state index contributed by atoms with van der Waals surface area (Å²) < 4.78 is 0.758. The lowest BCUT2D eigenvalue weighted by molar-refractivity contribution is -0.382. The normalized spacial score (nSPS) is 11.5. The average Bonchev–Trinajstić information content (AvgIpc) is 2.72. The molecule has 0 radical (unpaired) electrons. The number of thiophene rings is 1. The van der Waals surface area contributed by atoms with Crippen molar-refractivity contribution in [3.05, 3.63) is 33.7 Å². The Balaban J connectivity index is 2.63. The Hall–Kier alpha value is -1.62. The third kappa shape index (κ3) is 2.42. The summed E-state index contributed by atoms with van der Waals surface area (Å²) in [6, 6.07) is 6.01. The third-order valence-corrected chi connectivity index (χ3v) is 4.15. The lowest BCUT2D eigenvalue weighted by atomic mass is 10.1. The summed E-state index contributed by atoms with van der Waals surface area (Å²) in [4.78, 5) is 13.0. The molecule has 4 nitrogen and oxygen atoms in total. The van der Waals surface area contributed by atoms with E-state index in [-0.39, 0.29) is 10.6 Å². The zero-order chi connectivity index (χ0) is 14.2. The molecule has 2 rings (SSSR count). The van der Waals surface area contributed by atoms with Crippen LogP contribution in [0.25, 0.3) is 10.1 Å². The minimum absolute atomic E-state index is 0.196. The van der Waals surface area contributed by atoms with Crippen LogP contribution >= 0.6 is 11.3 Å². The summed E-state index contributed by atoms with van der Waals surface area (Å²) in [6.45, 7) is 8.56. The van der Waals surface area contributed by atoms with Gasteiger partial charge < -0.3 is 4.90 Å². The molecule has 102 valence electrons. The summed E-state index contributed by atoms with van der Waals surface area (Å²) in [5.41, 5.74) is 1.29. The van der Waals surface area contributed by atoms with Crippen molar-refractivity contribution in [1.82, 2.24) is 0 Å². The molecule has 0 bridgehead atoms. The maximum atomic E-state index is 11.1. The van der Waals surface area contributed by atoms with Crippen LogP contribution in [0.4, 0.5) is 11.4 Å². The molecular weight excluding hydrogens is 260 g/mol. The van der Waals surface area contributed by atoms with Crippen LogP contribution in [0.1, 0.15) is 27.7 Å². The lowest BCUT2D eigenvalue weighted by Crippen LogP contribution is -2.36. The molecule has 0 aliphatic heterocycles. The van der Waals surface area contributed by atoms with Crippen LogP contribution in [0.2, 0.25) is 0 Å². The number of benzene rings is 1. The number of hydrogen-bond acceptors (Lipinski definition) is 4. The first-order valence-electron chi connectivity index (χ1n) is 6.36. The fourth-order valence-electron chi connectivity index (χ4n) is 2.52. The van der Waals surface area contributed by atoms with E-state index in [0.717, 1.165) is 15.8 Å². The molecule has 0 N–H and O–H groups in total. The van der Waals surface area contributed by atoms with Crippen molar-refractivity contribution in [2.45, 2.75) is 39.8 Å². The van der Waals surface area contributed by atoms with Gasteiger partial charge in [-0.2, -0.15) is 0 Å². The quantitative estimate of drug-likeness (QED) is 0.614. The number of nitro groups is 1. The molecule has 0 saturated carbocycles. The van der Waals surface area contributed by atoms with Gasteiger partial charge in [0.05, 0.1) is 10.6 Å². The summed E-state index contributed by atoms with van der Waals surface area (Å²) >= 11 is 1.45. The van der Waals surface area contributed by atoms with Gasteiger partial charge in [0.1, 0.15) is 4.70 Å². The monoisotopic (exact) mass is 278 g/mol. The molecule has 19 heavy (non-hydrogen) atoms. The van der Waals surface area contributed by atoms with E-state index in [1.807, 2.05) is 11.4 Å². The van der Waals surface area contributed by atoms with Crippen LogP contribution in [0, 0.1) is 10.1 Å². The van der Waals surface area contributed by atoms with Gasteiger partial charge in [0.15, 0.2) is 0 Å². The highest BCUT2D eigenvalue weighted by molar-refractivity contribution is 7.18. The van der Waals surface area contributed by atoms with E-state index in [9.17, 15) is 10.1 Å². The predicted molar refractivity (Wildman–Crippen MR) is 81.2 cm³/mol. The van der Waals surface area contributed by atoms with Crippen molar-refractivity contribution in [2.75, 3.05) is 4.90 Å². The molecule has 0 spiro atoms. The van der Waals surface area contributed by atoms with Crippen molar-refractivity contribution in [3.8, 4) is 0 Å². The van der Waals surface area contributed by atoms with E-state index in [0.29, 0.717) is 12.1 Å². The number of nitrogens with zero attached hydrogens (tertiary/aromatic N) is 2. The molecule has 0 amide bonds. The fourth-order valence-corrected chi connectivity index (χ4v) is 3.57. The van der Waals surface area contributed by atoms with Gasteiger partial charge in [-0.1, -0.05) is 12.1 Å². The second-order valence-corrected chi connectivity index (χ2v) is 6.01. The molecule has 1 aromatic heterocycles. The summed E-state index contributed by atoms with van der Waals surface area (Å²) in [6.07, 6.45) is 0. The number of nitro benzene ring substituents is 1. The van der Waals surface area contributed by atoms with Gasteiger partial charge in [-0.05, 0) is 27.7 Å². The van der Waals surface area contributed by atoms with Gasteiger partial charge >= 0.3 is 0 Å². The molecule has 2 aromatic rings. The van der Waals surface area contributed by atoms with Crippen molar-refractivity contribution >= 4 is 32.8 Å². The second kappa shape index (κ2) is 5.17. The Morgan fingerprint density at radius 2 is 1.84 bits per heavy atom. The smallest absolute Gasteiger partial charge is 0.287 e. The van der Waals surface area contributed by atoms with Crippen LogP contribution in [0.5, 0.6) is 0 Å². The first kappa shape index (κ1) is 13.8. The number of hydrogen-bond donors (Lipinski definition) is 0. The lowest BCUT2D eigenvalue weighted by Gasteiger charge is -2.32. The van der Waals surface area contributed by atoms with Crippen molar-refractivity contribution in [2.24, 2.45) is 0 Å². The molecule has 0 aliphatic carbocycles. The average molecular weight is 278 g/mol. The Morgan fingerprint density at radius 1 is 1.21 bits per heavy atom. The Kier molecular flexibility index (Phi) is 3.75. The number of rotatable bonds is 4. The molecule has 0 atom stereocenters. The van der Waals surface area contributed by atoms with Crippen molar-refractivity contribution < 1.29 is 4.92 Å². The predicted octanol–water partition coefficient (Wildman–Crippen LogP) is 4.43. The van der Waals surface area contributed by atoms with Crippen LogP contribution < -0.4 is 4.90 Å².